The van der Waals surface area contributed by atoms with Gasteiger partial charge in [-0.1, -0.05) is 53.7 Å². The Morgan fingerprint density at radius 3 is 2.21 bits per heavy atom. The molecule has 1 heterocycles. The maximum Gasteiger partial charge on any atom is 0.0720 e. The first-order valence-electron chi connectivity index (χ1n) is 7.51. The molecule has 19 heavy (non-hydrogen) atoms. The summed E-state index contributed by atoms with van der Waals surface area (Å²) in [4.78, 5) is 0. The monoisotopic (exact) mass is 258 g/mol. The summed E-state index contributed by atoms with van der Waals surface area (Å²) < 4.78 is 5.71. The van der Waals surface area contributed by atoms with E-state index in [1.807, 2.05) is 0 Å². The molecule has 3 rings (SSSR count). The minimum Gasteiger partial charge on any atom is -0.376 e. The fraction of sp³-hybridized carbons (Fsp3) is 0.667. The maximum atomic E-state index is 5.71. The quantitative estimate of drug-likeness (QED) is 0.664. The highest BCUT2D eigenvalue weighted by atomic mass is 16.5. The van der Waals surface area contributed by atoms with Crippen molar-refractivity contribution in [2.24, 2.45) is 5.92 Å². The fourth-order valence-corrected chi connectivity index (χ4v) is 4.12. The Balaban J connectivity index is 2.25. The maximum absolute atomic E-state index is 5.71. The van der Waals surface area contributed by atoms with Crippen molar-refractivity contribution in [3.8, 4) is 0 Å². The molecule has 0 radical (unpaired) electrons. The molecule has 0 N–H and O–H groups in total. The number of hydrogen-bond acceptors (Lipinski definition) is 1. The molecule has 1 aromatic rings. The third kappa shape index (κ3) is 1.64. The van der Waals surface area contributed by atoms with Crippen molar-refractivity contribution in [3.05, 3.63) is 34.4 Å². The van der Waals surface area contributed by atoms with Gasteiger partial charge in [0.15, 0.2) is 0 Å². The molecule has 0 aromatic heterocycles. The highest BCUT2D eigenvalue weighted by Gasteiger charge is 2.48. The summed E-state index contributed by atoms with van der Waals surface area (Å²) in [5, 5.41) is 0. The summed E-state index contributed by atoms with van der Waals surface area (Å²) in [6, 6.07) is 4.93. The van der Waals surface area contributed by atoms with E-state index in [0.717, 1.165) is 13.2 Å². The van der Waals surface area contributed by atoms with Crippen molar-refractivity contribution in [2.45, 2.75) is 64.9 Å². The molecule has 1 heteroatoms. The number of rotatable bonds is 0. The van der Waals surface area contributed by atoms with Gasteiger partial charge in [-0.05, 0) is 39.0 Å². The molecular weight excluding hydrogens is 232 g/mol. The Hall–Kier alpha value is -0.820. The first kappa shape index (κ1) is 13.2. The number of benzene rings is 1. The summed E-state index contributed by atoms with van der Waals surface area (Å²) in [6.45, 7) is 15.9. The summed E-state index contributed by atoms with van der Waals surface area (Å²) in [7, 11) is 0. The van der Waals surface area contributed by atoms with E-state index >= 15 is 0 Å². The molecule has 1 aromatic carbocycles. The summed E-state index contributed by atoms with van der Waals surface area (Å²) >= 11 is 0. The van der Waals surface area contributed by atoms with Crippen LogP contribution in [0.1, 0.15) is 69.7 Å². The summed E-state index contributed by atoms with van der Waals surface area (Å²) in [5.41, 5.74) is 6.57. The topological polar surface area (TPSA) is 9.23 Å². The summed E-state index contributed by atoms with van der Waals surface area (Å²) in [6.07, 6.45) is 0. The van der Waals surface area contributed by atoms with Gasteiger partial charge in [0.1, 0.15) is 0 Å². The average Bonchev–Trinajstić information content (AvgIpc) is 2.48. The normalized spacial score (nSPS) is 30.8. The van der Waals surface area contributed by atoms with E-state index in [4.69, 9.17) is 4.74 Å². The highest BCUT2D eigenvalue weighted by molar-refractivity contribution is 5.51. The van der Waals surface area contributed by atoms with E-state index in [-0.39, 0.29) is 10.8 Å². The van der Waals surface area contributed by atoms with Gasteiger partial charge >= 0.3 is 0 Å². The SMILES string of the molecule is CC1COCc2cc3c(cc21)C(C)(C)[C@@H](C)C3(C)C. The van der Waals surface area contributed by atoms with Crippen LogP contribution in [0.25, 0.3) is 0 Å². The van der Waals surface area contributed by atoms with Gasteiger partial charge in [-0.15, -0.1) is 0 Å². The largest absolute Gasteiger partial charge is 0.376 e. The predicted molar refractivity (Wildman–Crippen MR) is 79.7 cm³/mol. The molecule has 0 spiro atoms. The van der Waals surface area contributed by atoms with Gasteiger partial charge in [0.25, 0.3) is 0 Å². The fourth-order valence-electron chi connectivity index (χ4n) is 4.12. The smallest absolute Gasteiger partial charge is 0.0720 e. The molecular formula is C18H26O. The Morgan fingerprint density at radius 2 is 1.58 bits per heavy atom. The molecule has 0 amide bonds. The van der Waals surface area contributed by atoms with E-state index in [1.165, 1.54) is 11.1 Å². The zero-order valence-electron chi connectivity index (χ0n) is 13.1. The molecule has 0 fully saturated rings. The van der Waals surface area contributed by atoms with Crippen molar-refractivity contribution in [1.82, 2.24) is 0 Å². The molecule has 0 saturated carbocycles. The molecule has 104 valence electrons. The second kappa shape index (κ2) is 3.85. The van der Waals surface area contributed by atoms with Gasteiger partial charge in [-0.25, -0.2) is 0 Å². The zero-order chi connectivity index (χ0) is 14.0. The van der Waals surface area contributed by atoms with Crippen LogP contribution in [0.15, 0.2) is 12.1 Å². The molecule has 1 aliphatic carbocycles. The van der Waals surface area contributed by atoms with Crippen LogP contribution in [0, 0.1) is 5.92 Å². The lowest BCUT2D eigenvalue weighted by atomic mass is 9.71. The Morgan fingerprint density at radius 1 is 1.00 bits per heavy atom. The van der Waals surface area contributed by atoms with Gasteiger partial charge < -0.3 is 4.74 Å². The first-order chi connectivity index (χ1) is 8.76. The average molecular weight is 258 g/mol. The van der Waals surface area contributed by atoms with E-state index < -0.39 is 0 Å². The second-order valence-electron chi connectivity index (χ2n) is 7.68. The number of ether oxygens (including phenoxy) is 1. The van der Waals surface area contributed by atoms with Gasteiger partial charge in [-0.2, -0.15) is 0 Å². The molecule has 2 aliphatic rings. The van der Waals surface area contributed by atoms with Gasteiger partial charge in [0.2, 0.25) is 0 Å². The van der Waals surface area contributed by atoms with Crippen LogP contribution in [-0.4, -0.2) is 6.61 Å². The standard InChI is InChI=1S/C18H26O/c1-11-9-19-10-13-7-15-16(8-14(11)13)18(5,6)12(2)17(15,3)4/h7-8,11-12H,9-10H2,1-6H3/t11?,12-/m0/s1. The lowest BCUT2D eigenvalue weighted by Gasteiger charge is -2.32. The minimum absolute atomic E-state index is 0.258. The van der Waals surface area contributed by atoms with Crippen molar-refractivity contribution in [1.29, 1.82) is 0 Å². The third-order valence-electron chi connectivity index (χ3n) is 5.99. The molecule has 0 saturated heterocycles. The van der Waals surface area contributed by atoms with Gasteiger partial charge in [0, 0.05) is 5.92 Å². The van der Waals surface area contributed by atoms with Crippen LogP contribution in [0.4, 0.5) is 0 Å². The molecule has 1 nitrogen and oxygen atoms in total. The van der Waals surface area contributed by atoms with E-state index in [9.17, 15) is 0 Å². The minimum atomic E-state index is 0.258. The van der Waals surface area contributed by atoms with Crippen LogP contribution < -0.4 is 0 Å². The lowest BCUT2D eigenvalue weighted by Crippen LogP contribution is -2.30. The van der Waals surface area contributed by atoms with Crippen molar-refractivity contribution in [3.63, 3.8) is 0 Å². The van der Waals surface area contributed by atoms with Gasteiger partial charge in [0.05, 0.1) is 13.2 Å². The molecule has 1 aliphatic heterocycles. The Kier molecular flexibility index (Phi) is 2.67. The number of fused-ring (bicyclic) bond motifs is 2. The second-order valence-corrected chi connectivity index (χ2v) is 7.68. The lowest BCUT2D eigenvalue weighted by molar-refractivity contribution is 0.0949. The van der Waals surface area contributed by atoms with Gasteiger partial charge in [-0.3, -0.25) is 0 Å². The predicted octanol–water partition coefficient (Wildman–Crippen LogP) is 4.53. The van der Waals surface area contributed by atoms with E-state index in [2.05, 4.69) is 53.7 Å². The van der Waals surface area contributed by atoms with E-state index in [0.29, 0.717) is 11.8 Å². The van der Waals surface area contributed by atoms with Crippen molar-refractivity contribution < 1.29 is 4.74 Å². The first-order valence-corrected chi connectivity index (χ1v) is 7.51. The highest BCUT2D eigenvalue weighted by Crippen LogP contribution is 2.54. The Bertz CT molecular complexity index is 525. The number of hydrogen-bond donors (Lipinski definition) is 0. The van der Waals surface area contributed by atoms with Crippen molar-refractivity contribution >= 4 is 0 Å². The van der Waals surface area contributed by atoms with Crippen LogP contribution in [0.5, 0.6) is 0 Å². The van der Waals surface area contributed by atoms with Crippen LogP contribution in [0.3, 0.4) is 0 Å². The molecule has 1 unspecified atom stereocenters. The van der Waals surface area contributed by atoms with Crippen LogP contribution >= 0.6 is 0 Å². The molecule has 0 bridgehead atoms. The third-order valence-corrected chi connectivity index (χ3v) is 5.99. The van der Waals surface area contributed by atoms with Crippen LogP contribution in [0.2, 0.25) is 0 Å². The Labute approximate surface area is 117 Å². The van der Waals surface area contributed by atoms with E-state index in [1.54, 1.807) is 11.1 Å². The zero-order valence-corrected chi connectivity index (χ0v) is 13.1. The summed E-state index contributed by atoms with van der Waals surface area (Å²) in [5.74, 6) is 1.19. The van der Waals surface area contributed by atoms with Crippen LogP contribution in [-0.2, 0) is 22.2 Å². The van der Waals surface area contributed by atoms with Crippen molar-refractivity contribution in [2.75, 3.05) is 6.61 Å². The molecule has 2 atom stereocenters.